The topological polar surface area (TPSA) is 39.2 Å². The number of anilines is 1. The average Bonchev–Trinajstić information content (AvgIpc) is 2.74. The molecule has 2 rings (SSSR count). The number of thioether (sulfide) groups is 1. The summed E-state index contributed by atoms with van der Waals surface area (Å²) in [6.07, 6.45) is 1.70. The number of benzene rings is 1. The van der Waals surface area contributed by atoms with Crippen LogP contribution in [0.25, 0.3) is 0 Å². The largest absolute Gasteiger partial charge is 0.468 e. The highest BCUT2D eigenvalue weighted by Gasteiger charge is 2.02. The van der Waals surface area contributed by atoms with Gasteiger partial charge in [0.15, 0.2) is 0 Å². The first-order chi connectivity index (χ1) is 7.75. The molecule has 0 aliphatic heterocycles. The minimum atomic E-state index is 0.784. The second-order valence-corrected chi connectivity index (χ2v) is 5.26. The van der Waals surface area contributed by atoms with Crippen molar-refractivity contribution in [1.82, 2.24) is 0 Å². The number of hydrogen-bond acceptors (Lipinski definition) is 3. The zero-order chi connectivity index (χ0) is 11.4. The summed E-state index contributed by atoms with van der Waals surface area (Å²) >= 11 is 5.33. The van der Waals surface area contributed by atoms with Gasteiger partial charge in [-0.05, 0) is 29.8 Å². The maximum absolute atomic E-state index is 5.68. The van der Waals surface area contributed by atoms with Crippen molar-refractivity contribution in [3.8, 4) is 0 Å². The lowest BCUT2D eigenvalue weighted by Gasteiger charge is -2.04. The summed E-state index contributed by atoms with van der Waals surface area (Å²) in [5.74, 6) is 2.85. The second-order valence-electron chi connectivity index (χ2n) is 3.42. The Balaban J connectivity index is 1.90. The third kappa shape index (κ3) is 3.06. The molecule has 1 aromatic heterocycles. The maximum atomic E-state index is 5.68. The van der Waals surface area contributed by atoms with E-state index in [4.69, 9.17) is 10.2 Å². The van der Waals surface area contributed by atoms with Crippen LogP contribution in [-0.4, -0.2) is 0 Å². The summed E-state index contributed by atoms with van der Waals surface area (Å²) in [7, 11) is 0. The number of rotatable bonds is 4. The van der Waals surface area contributed by atoms with E-state index in [1.54, 1.807) is 6.26 Å². The van der Waals surface area contributed by atoms with Gasteiger partial charge in [0, 0.05) is 15.9 Å². The average molecular weight is 298 g/mol. The Bertz CT molecular complexity index is 456. The Morgan fingerprint density at radius 3 is 2.81 bits per heavy atom. The molecule has 0 spiro atoms. The van der Waals surface area contributed by atoms with Gasteiger partial charge in [0.2, 0.25) is 0 Å². The quantitative estimate of drug-likeness (QED) is 0.865. The van der Waals surface area contributed by atoms with Crippen LogP contribution in [-0.2, 0) is 11.5 Å². The molecule has 1 heterocycles. The Kier molecular flexibility index (Phi) is 3.96. The Hall–Kier alpha value is -0.870. The van der Waals surface area contributed by atoms with E-state index in [0.29, 0.717) is 0 Å². The Morgan fingerprint density at radius 2 is 2.12 bits per heavy atom. The van der Waals surface area contributed by atoms with Crippen LogP contribution in [0.1, 0.15) is 11.3 Å². The number of nitrogens with two attached hydrogens (primary N) is 1. The van der Waals surface area contributed by atoms with Crippen LogP contribution in [0.3, 0.4) is 0 Å². The SMILES string of the molecule is Nc1ccc(CSCc2ccco2)c(Br)c1. The summed E-state index contributed by atoms with van der Waals surface area (Å²) < 4.78 is 6.34. The zero-order valence-electron chi connectivity index (χ0n) is 8.65. The Morgan fingerprint density at radius 1 is 1.25 bits per heavy atom. The number of nitrogen functional groups attached to an aromatic ring is 1. The van der Waals surface area contributed by atoms with Crippen LogP contribution in [0.15, 0.2) is 45.5 Å². The van der Waals surface area contributed by atoms with E-state index < -0.39 is 0 Å². The molecular weight excluding hydrogens is 286 g/mol. The zero-order valence-corrected chi connectivity index (χ0v) is 11.1. The molecule has 0 atom stereocenters. The predicted molar refractivity (Wildman–Crippen MR) is 72.3 cm³/mol. The van der Waals surface area contributed by atoms with E-state index in [1.165, 1.54) is 5.56 Å². The first-order valence-electron chi connectivity index (χ1n) is 4.90. The molecule has 2 nitrogen and oxygen atoms in total. The first kappa shape index (κ1) is 11.6. The lowest BCUT2D eigenvalue weighted by molar-refractivity contribution is 0.530. The van der Waals surface area contributed by atoms with Crippen LogP contribution in [0.5, 0.6) is 0 Å². The van der Waals surface area contributed by atoms with Gasteiger partial charge in [0.25, 0.3) is 0 Å². The molecule has 0 amide bonds. The molecule has 16 heavy (non-hydrogen) atoms. The highest BCUT2D eigenvalue weighted by molar-refractivity contribution is 9.10. The van der Waals surface area contributed by atoms with Crippen LogP contribution in [0, 0.1) is 0 Å². The van der Waals surface area contributed by atoms with Gasteiger partial charge in [-0.15, -0.1) is 11.8 Å². The van der Waals surface area contributed by atoms with Gasteiger partial charge >= 0.3 is 0 Å². The third-order valence-corrected chi connectivity index (χ3v) is 3.90. The van der Waals surface area contributed by atoms with Crippen molar-refractivity contribution in [2.24, 2.45) is 0 Å². The van der Waals surface area contributed by atoms with Crippen molar-refractivity contribution in [3.05, 3.63) is 52.4 Å². The summed E-state index contributed by atoms with van der Waals surface area (Å²) in [5, 5.41) is 0. The predicted octanol–water partition coefficient (Wildman–Crippen LogP) is 4.06. The molecule has 0 aliphatic carbocycles. The lowest BCUT2D eigenvalue weighted by Crippen LogP contribution is -1.88. The van der Waals surface area contributed by atoms with Crippen molar-refractivity contribution in [1.29, 1.82) is 0 Å². The van der Waals surface area contributed by atoms with Crippen molar-refractivity contribution in [2.45, 2.75) is 11.5 Å². The fourth-order valence-electron chi connectivity index (χ4n) is 1.34. The molecule has 0 saturated heterocycles. The Labute approximate surface area is 107 Å². The van der Waals surface area contributed by atoms with Gasteiger partial charge in [0.05, 0.1) is 12.0 Å². The van der Waals surface area contributed by atoms with E-state index in [1.807, 2.05) is 36.0 Å². The van der Waals surface area contributed by atoms with Gasteiger partial charge < -0.3 is 10.2 Å². The fourth-order valence-corrected chi connectivity index (χ4v) is 3.00. The first-order valence-corrected chi connectivity index (χ1v) is 6.84. The number of halogens is 1. The molecule has 0 radical (unpaired) electrons. The van der Waals surface area contributed by atoms with Crippen molar-refractivity contribution >= 4 is 33.4 Å². The highest BCUT2D eigenvalue weighted by atomic mass is 79.9. The van der Waals surface area contributed by atoms with Crippen molar-refractivity contribution in [2.75, 3.05) is 5.73 Å². The van der Waals surface area contributed by atoms with Gasteiger partial charge in [-0.3, -0.25) is 0 Å². The molecule has 2 N–H and O–H groups in total. The van der Waals surface area contributed by atoms with E-state index >= 15 is 0 Å². The smallest absolute Gasteiger partial charge is 0.113 e. The maximum Gasteiger partial charge on any atom is 0.113 e. The van der Waals surface area contributed by atoms with E-state index in [-0.39, 0.29) is 0 Å². The van der Waals surface area contributed by atoms with E-state index in [9.17, 15) is 0 Å². The lowest BCUT2D eigenvalue weighted by atomic mass is 10.2. The van der Waals surface area contributed by atoms with Crippen molar-refractivity contribution in [3.63, 3.8) is 0 Å². The summed E-state index contributed by atoms with van der Waals surface area (Å²) in [5.41, 5.74) is 7.72. The second kappa shape index (κ2) is 5.46. The molecule has 1 aromatic carbocycles. The van der Waals surface area contributed by atoms with Gasteiger partial charge in [-0.2, -0.15) is 0 Å². The van der Waals surface area contributed by atoms with Gasteiger partial charge in [-0.1, -0.05) is 22.0 Å². The standard InChI is InChI=1S/C12H12BrNOS/c13-12-6-10(14)4-3-9(12)7-16-8-11-2-1-5-15-11/h1-6H,7-8,14H2. The normalized spacial score (nSPS) is 10.6. The molecule has 0 saturated carbocycles. The van der Waals surface area contributed by atoms with Crippen LogP contribution in [0.2, 0.25) is 0 Å². The van der Waals surface area contributed by atoms with Crippen molar-refractivity contribution < 1.29 is 4.42 Å². The molecule has 0 unspecified atom stereocenters. The van der Waals surface area contributed by atoms with Crippen LogP contribution < -0.4 is 5.73 Å². The molecule has 0 bridgehead atoms. The van der Waals surface area contributed by atoms with E-state index in [0.717, 1.165) is 27.4 Å². The summed E-state index contributed by atoms with van der Waals surface area (Å²) in [4.78, 5) is 0. The van der Waals surface area contributed by atoms with Gasteiger partial charge in [-0.25, -0.2) is 0 Å². The summed E-state index contributed by atoms with van der Waals surface area (Å²) in [6, 6.07) is 9.81. The minimum absolute atomic E-state index is 0.784. The van der Waals surface area contributed by atoms with Crippen LogP contribution in [0.4, 0.5) is 5.69 Å². The fraction of sp³-hybridized carbons (Fsp3) is 0.167. The molecule has 4 heteroatoms. The number of hydrogen-bond donors (Lipinski definition) is 1. The molecule has 2 aromatic rings. The minimum Gasteiger partial charge on any atom is -0.468 e. The molecule has 0 aliphatic rings. The molecule has 84 valence electrons. The van der Waals surface area contributed by atoms with Crippen LogP contribution >= 0.6 is 27.7 Å². The monoisotopic (exact) mass is 297 g/mol. The summed E-state index contributed by atoms with van der Waals surface area (Å²) in [6.45, 7) is 0. The highest BCUT2D eigenvalue weighted by Crippen LogP contribution is 2.25. The number of furan rings is 1. The molecular formula is C12H12BrNOS. The third-order valence-electron chi connectivity index (χ3n) is 2.16. The molecule has 0 fully saturated rings. The van der Waals surface area contributed by atoms with Gasteiger partial charge in [0.1, 0.15) is 5.76 Å². The van der Waals surface area contributed by atoms with E-state index in [2.05, 4.69) is 22.0 Å².